The van der Waals surface area contributed by atoms with E-state index in [9.17, 15) is 4.79 Å². The van der Waals surface area contributed by atoms with Gasteiger partial charge in [0.1, 0.15) is 0 Å². The Morgan fingerprint density at radius 1 is 1.04 bits per heavy atom. The first-order valence-corrected chi connectivity index (χ1v) is 9.05. The number of nitrogens with one attached hydrogen (secondary N) is 1. The van der Waals surface area contributed by atoms with Crippen LogP contribution in [0, 0.1) is 5.92 Å². The minimum atomic E-state index is -0.270. The van der Waals surface area contributed by atoms with E-state index in [1.54, 1.807) is 6.20 Å². The molecule has 0 aliphatic carbocycles. The molecule has 3 aromatic rings. The first-order chi connectivity index (χ1) is 13.0. The van der Waals surface area contributed by atoms with Crippen molar-refractivity contribution < 1.29 is 4.79 Å². The number of aliphatic imine (C=N–C) groups is 1. The normalized spacial score (nSPS) is 13.0. The van der Waals surface area contributed by atoms with Crippen molar-refractivity contribution >= 4 is 28.5 Å². The van der Waals surface area contributed by atoms with E-state index >= 15 is 0 Å². The Morgan fingerprint density at radius 3 is 2.41 bits per heavy atom. The van der Waals surface area contributed by atoms with Crippen LogP contribution in [-0.4, -0.2) is 16.9 Å². The van der Waals surface area contributed by atoms with E-state index in [-0.39, 0.29) is 17.8 Å². The molecule has 27 heavy (non-hydrogen) atoms. The summed E-state index contributed by atoms with van der Waals surface area (Å²) in [5.41, 5.74) is 8.96. The molecule has 1 aromatic heterocycles. The number of amides is 1. The smallest absolute Gasteiger partial charge is 0.258 e. The van der Waals surface area contributed by atoms with Crippen molar-refractivity contribution in [3.05, 3.63) is 71.9 Å². The van der Waals surface area contributed by atoms with Gasteiger partial charge < -0.3 is 5.73 Å². The summed E-state index contributed by atoms with van der Waals surface area (Å²) >= 11 is 0. The molecule has 0 bridgehead atoms. The highest BCUT2D eigenvalue weighted by Gasteiger charge is 2.22. The first kappa shape index (κ1) is 18.6. The van der Waals surface area contributed by atoms with Crippen molar-refractivity contribution in [1.82, 2.24) is 10.3 Å². The Morgan fingerprint density at radius 2 is 1.70 bits per heavy atom. The quantitative estimate of drug-likeness (QED) is 0.535. The van der Waals surface area contributed by atoms with Gasteiger partial charge >= 0.3 is 0 Å². The molecule has 3 N–H and O–H groups in total. The molecule has 3 rings (SSSR count). The standard InChI is InChI=1S/C22H24N4O/c1-14(2)15(3)18-13-24-19-12-8-7-11-17(19)20(18)21(27)26-22(23)25-16-9-5-4-6-10-16/h4-15H,1-3H3,(H3,23,25,26,27). The lowest BCUT2D eigenvalue weighted by molar-refractivity contribution is 0.0976. The number of para-hydroxylation sites is 2. The van der Waals surface area contributed by atoms with Crippen molar-refractivity contribution in [3.63, 3.8) is 0 Å². The molecule has 0 fully saturated rings. The number of nitrogens with two attached hydrogens (primary N) is 1. The van der Waals surface area contributed by atoms with Crippen LogP contribution in [-0.2, 0) is 0 Å². The summed E-state index contributed by atoms with van der Waals surface area (Å²) in [6.07, 6.45) is 1.80. The van der Waals surface area contributed by atoms with Crippen LogP contribution in [0.25, 0.3) is 10.9 Å². The van der Waals surface area contributed by atoms with Gasteiger partial charge in [0.05, 0.1) is 16.8 Å². The van der Waals surface area contributed by atoms with E-state index in [0.29, 0.717) is 17.2 Å². The van der Waals surface area contributed by atoms with Crippen molar-refractivity contribution in [2.24, 2.45) is 16.6 Å². The Kier molecular flexibility index (Phi) is 5.50. The highest BCUT2D eigenvalue weighted by molar-refractivity contribution is 6.13. The highest BCUT2D eigenvalue weighted by Crippen LogP contribution is 2.30. The Balaban J connectivity index is 2.02. The Bertz CT molecular complexity index is 980. The molecule has 0 aliphatic heterocycles. The molecule has 0 radical (unpaired) electrons. The number of guanidine groups is 1. The van der Waals surface area contributed by atoms with E-state index in [1.807, 2.05) is 54.6 Å². The zero-order valence-electron chi connectivity index (χ0n) is 15.8. The minimum Gasteiger partial charge on any atom is -0.369 e. The fourth-order valence-electron chi connectivity index (χ4n) is 2.96. The lowest BCUT2D eigenvalue weighted by Crippen LogP contribution is -2.37. The zero-order chi connectivity index (χ0) is 19.4. The third-order valence-electron chi connectivity index (χ3n) is 4.77. The lowest BCUT2D eigenvalue weighted by Gasteiger charge is -2.20. The second-order valence-corrected chi connectivity index (χ2v) is 6.93. The predicted octanol–water partition coefficient (Wildman–Crippen LogP) is 4.37. The summed E-state index contributed by atoms with van der Waals surface area (Å²) in [4.78, 5) is 21.9. The largest absolute Gasteiger partial charge is 0.369 e. The number of carbonyl (C=O) groups is 1. The Hall–Kier alpha value is -3.21. The van der Waals surface area contributed by atoms with Gasteiger partial charge in [-0.25, -0.2) is 4.99 Å². The SMILES string of the molecule is CC(C)C(C)c1cnc2ccccc2c1C(=O)NC(N)=Nc1ccccc1. The van der Waals surface area contributed by atoms with E-state index in [4.69, 9.17) is 5.73 Å². The van der Waals surface area contributed by atoms with Crippen molar-refractivity contribution in [1.29, 1.82) is 0 Å². The van der Waals surface area contributed by atoms with Gasteiger partial charge in [0.2, 0.25) is 5.96 Å². The van der Waals surface area contributed by atoms with Crippen molar-refractivity contribution in [2.45, 2.75) is 26.7 Å². The second-order valence-electron chi connectivity index (χ2n) is 6.93. The fourth-order valence-corrected chi connectivity index (χ4v) is 2.96. The maximum atomic E-state index is 13.1. The molecular formula is C22H24N4O. The van der Waals surface area contributed by atoms with Crippen LogP contribution in [0.5, 0.6) is 0 Å². The summed E-state index contributed by atoms with van der Waals surface area (Å²) in [6.45, 7) is 6.37. The molecular weight excluding hydrogens is 336 g/mol. The molecule has 2 aromatic carbocycles. The van der Waals surface area contributed by atoms with Gasteiger partial charge in [-0.3, -0.25) is 15.1 Å². The minimum absolute atomic E-state index is 0.0650. The summed E-state index contributed by atoms with van der Waals surface area (Å²) in [5, 5.41) is 3.54. The Labute approximate surface area is 159 Å². The number of hydrogen-bond acceptors (Lipinski definition) is 3. The molecule has 138 valence electrons. The zero-order valence-corrected chi connectivity index (χ0v) is 15.8. The van der Waals surface area contributed by atoms with Gasteiger partial charge in [0, 0.05) is 11.6 Å². The number of nitrogens with zero attached hydrogens (tertiary/aromatic N) is 2. The number of carbonyl (C=O) groups excluding carboxylic acids is 1. The number of fused-ring (bicyclic) bond motifs is 1. The molecule has 1 unspecified atom stereocenters. The number of hydrogen-bond donors (Lipinski definition) is 2. The molecule has 0 saturated carbocycles. The van der Waals surface area contributed by atoms with Crippen LogP contribution in [0.3, 0.4) is 0 Å². The van der Waals surface area contributed by atoms with Gasteiger partial charge in [-0.1, -0.05) is 57.2 Å². The van der Waals surface area contributed by atoms with E-state index in [1.165, 1.54) is 0 Å². The molecule has 1 heterocycles. The van der Waals surface area contributed by atoms with Crippen LogP contribution >= 0.6 is 0 Å². The molecule has 1 amide bonds. The molecule has 0 aliphatic rings. The van der Waals surface area contributed by atoms with Gasteiger partial charge in [0.15, 0.2) is 0 Å². The second kappa shape index (κ2) is 7.99. The van der Waals surface area contributed by atoms with Gasteiger partial charge in [0.25, 0.3) is 5.91 Å². The number of aromatic nitrogens is 1. The lowest BCUT2D eigenvalue weighted by atomic mass is 9.86. The third kappa shape index (κ3) is 4.14. The van der Waals surface area contributed by atoms with Crippen LogP contribution in [0.4, 0.5) is 5.69 Å². The number of rotatable bonds is 4. The molecule has 0 saturated heterocycles. The monoisotopic (exact) mass is 360 g/mol. The maximum absolute atomic E-state index is 13.1. The van der Waals surface area contributed by atoms with Gasteiger partial charge in [-0.05, 0) is 35.6 Å². The molecule has 1 atom stereocenters. The molecule has 0 spiro atoms. The first-order valence-electron chi connectivity index (χ1n) is 9.05. The van der Waals surface area contributed by atoms with Gasteiger partial charge in [-0.15, -0.1) is 0 Å². The summed E-state index contributed by atoms with van der Waals surface area (Å²) in [5.74, 6) is 0.341. The van der Waals surface area contributed by atoms with Crippen LogP contribution in [0.2, 0.25) is 0 Å². The third-order valence-corrected chi connectivity index (χ3v) is 4.77. The summed E-state index contributed by atoms with van der Waals surface area (Å²) in [7, 11) is 0. The van der Waals surface area contributed by atoms with Crippen LogP contribution in [0.1, 0.15) is 42.6 Å². The summed E-state index contributed by atoms with van der Waals surface area (Å²) in [6, 6.07) is 16.9. The van der Waals surface area contributed by atoms with Crippen molar-refractivity contribution in [2.75, 3.05) is 0 Å². The van der Waals surface area contributed by atoms with E-state index in [0.717, 1.165) is 16.5 Å². The van der Waals surface area contributed by atoms with Crippen LogP contribution < -0.4 is 11.1 Å². The average molecular weight is 360 g/mol. The average Bonchev–Trinajstić information content (AvgIpc) is 2.67. The topological polar surface area (TPSA) is 80.4 Å². The van der Waals surface area contributed by atoms with Crippen molar-refractivity contribution in [3.8, 4) is 0 Å². The molecule has 5 nitrogen and oxygen atoms in total. The highest BCUT2D eigenvalue weighted by atomic mass is 16.1. The maximum Gasteiger partial charge on any atom is 0.258 e. The van der Waals surface area contributed by atoms with E-state index < -0.39 is 0 Å². The predicted molar refractivity (Wildman–Crippen MR) is 110 cm³/mol. The molecule has 5 heteroatoms. The number of pyridine rings is 1. The van der Waals surface area contributed by atoms with Crippen LogP contribution in [0.15, 0.2) is 65.8 Å². The number of benzene rings is 2. The summed E-state index contributed by atoms with van der Waals surface area (Å²) < 4.78 is 0. The van der Waals surface area contributed by atoms with Gasteiger partial charge in [-0.2, -0.15) is 0 Å². The van der Waals surface area contributed by atoms with E-state index in [2.05, 4.69) is 36.1 Å². The fraction of sp³-hybridized carbons (Fsp3) is 0.227.